The number of aromatic hydroxyl groups is 1. The first-order valence-corrected chi connectivity index (χ1v) is 8.35. The zero-order valence-electron chi connectivity index (χ0n) is 15.1. The van der Waals surface area contributed by atoms with Crippen molar-refractivity contribution < 1.29 is 33.7 Å². The van der Waals surface area contributed by atoms with E-state index in [1.807, 2.05) is 0 Å². The second kappa shape index (κ2) is 7.51. The van der Waals surface area contributed by atoms with Crippen LogP contribution in [-0.4, -0.2) is 35.0 Å². The summed E-state index contributed by atoms with van der Waals surface area (Å²) in [6.45, 7) is 2.89. The molecule has 8 heteroatoms. The van der Waals surface area contributed by atoms with E-state index < -0.39 is 29.6 Å². The highest BCUT2D eigenvalue weighted by Crippen LogP contribution is 2.27. The largest absolute Gasteiger partial charge is 0.507 e. The van der Waals surface area contributed by atoms with Crippen LogP contribution >= 0.6 is 0 Å². The van der Waals surface area contributed by atoms with Crippen LogP contribution in [0.3, 0.4) is 0 Å². The van der Waals surface area contributed by atoms with Gasteiger partial charge in [0.15, 0.2) is 5.92 Å². The molecule has 0 spiro atoms. The van der Waals surface area contributed by atoms with Gasteiger partial charge in [-0.15, -0.1) is 0 Å². The average molecular weight is 383 g/mol. The molecule has 0 unspecified atom stereocenters. The Bertz CT molecular complexity index is 930. The summed E-state index contributed by atoms with van der Waals surface area (Å²) < 4.78 is 15.1. The number of phenolic OH excluding ortho intramolecular Hbond substituents is 1. The summed E-state index contributed by atoms with van der Waals surface area (Å²) in [7, 11) is 0. The van der Waals surface area contributed by atoms with Gasteiger partial charge in [-0.1, -0.05) is 18.2 Å². The first kappa shape index (κ1) is 19.1. The van der Waals surface area contributed by atoms with Gasteiger partial charge in [0.25, 0.3) is 5.79 Å². The normalized spacial score (nSPS) is 16.5. The topological polar surface area (TPSA) is 111 Å². The molecule has 2 aromatic carbocycles. The fourth-order valence-electron chi connectivity index (χ4n) is 2.43. The van der Waals surface area contributed by atoms with Crippen molar-refractivity contribution in [3.63, 3.8) is 0 Å². The number of benzene rings is 2. The molecule has 1 N–H and O–H groups in total. The predicted octanol–water partition coefficient (Wildman–Crippen LogP) is 2.77. The summed E-state index contributed by atoms with van der Waals surface area (Å²) >= 11 is 0. The van der Waals surface area contributed by atoms with E-state index in [0.717, 1.165) is 6.21 Å². The summed E-state index contributed by atoms with van der Waals surface area (Å²) in [4.78, 5) is 39.9. The van der Waals surface area contributed by atoms with E-state index in [1.165, 1.54) is 32.0 Å². The van der Waals surface area contributed by atoms with Gasteiger partial charge in [0.2, 0.25) is 0 Å². The van der Waals surface area contributed by atoms with Crippen molar-refractivity contribution in [1.82, 2.24) is 0 Å². The lowest BCUT2D eigenvalue weighted by Gasteiger charge is -2.31. The highest BCUT2D eigenvalue weighted by atomic mass is 16.7. The third-order valence-corrected chi connectivity index (χ3v) is 3.73. The molecule has 0 radical (unpaired) electrons. The minimum atomic E-state index is -1.32. The molecule has 8 nitrogen and oxygen atoms in total. The minimum Gasteiger partial charge on any atom is -0.507 e. The molecule has 0 aliphatic carbocycles. The van der Waals surface area contributed by atoms with Crippen LogP contribution in [0.1, 0.15) is 24.2 Å². The van der Waals surface area contributed by atoms with Gasteiger partial charge < -0.3 is 19.3 Å². The van der Waals surface area contributed by atoms with Gasteiger partial charge in [-0.3, -0.25) is 14.6 Å². The number of phenols is 1. The van der Waals surface area contributed by atoms with Crippen molar-refractivity contribution >= 4 is 29.8 Å². The van der Waals surface area contributed by atoms with Crippen LogP contribution in [0.5, 0.6) is 11.5 Å². The molecular weight excluding hydrogens is 366 g/mol. The monoisotopic (exact) mass is 383 g/mol. The summed E-state index contributed by atoms with van der Waals surface area (Å²) in [5, 5.41) is 10.1. The number of hydrogen-bond donors (Lipinski definition) is 1. The summed E-state index contributed by atoms with van der Waals surface area (Å²) in [6, 6.07) is 12.4. The highest BCUT2D eigenvalue weighted by molar-refractivity contribution is 6.10. The van der Waals surface area contributed by atoms with Crippen LogP contribution < -0.4 is 4.74 Å². The maximum atomic E-state index is 12.2. The molecule has 1 fully saturated rings. The second-order valence-corrected chi connectivity index (χ2v) is 6.40. The van der Waals surface area contributed by atoms with Crippen molar-refractivity contribution in [2.45, 2.75) is 19.6 Å². The maximum Gasteiger partial charge on any atom is 0.347 e. The number of para-hydroxylation sites is 1. The molecule has 144 valence electrons. The second-order valence-electron chi connectivity index (χ2n) is 6.40. The number of rotatable bonds is 4. The van der Waals surface area contributed by atoms with Crippen molar-refractivity contribution in [3.05, 3.63) is 54.1 Å². The third kappa shape index (κ3) is 4.35. The first-order chi connectivity index (χ1) is 13.2. The quantitative estimate of drug-likeness (QED) is 0.374. The molecule has 28 heavy (non-hydrogen) atoms. The molecular formula is C20H17NO7. The molecule has 1 aliphatic heterocycles. The Morgan fingerprint density at radius 2 is 1.75 bits per heavy atom. The van der Waals surface area contributed by atoms with Crippen LogP contribution in [-0.2, 0) is 19.1 Å². The third-order valence-electron chi connectivity index (χ3n) is 3.73. The Balaban J connectivity index is 1.72. The molecule has 1 heterocycles. The fourth-order valence-corrected chi connectivity index (χ4v) is 2.43. The zero-order valence-corrected chi connectivity index (χ0v) is 15.1. The van der Waals surface area contributed by atoms with Gasteiger partial charge in [-0.25, -0.2) is 4.79 Å². The number of nitrogens with zero attached hydrogens (tertiary/aromatic N) is 1. The van der Waals surface area contributed by atoms with E-state index in [9.17, 15) is 19.5 Å². The summed E-state index contributed by atoms with van der Waals surface area (Å²) in [5.74, 6) is -4.94. The van der Waals surface area contributed by atoms with Crippen molar-refractivity contribution in [2.75, 3.05) is 0 Å². The van der Waals surface area contributed by atoms with Crippen LogP contribution in [0.2, 0.25) is 0 Å². The number of ether oxygens (including phenoxy) is 3. The zero-order chi connectivity index (χ0) is 20.3. The lowest BCUT2D eigenvalue weighted by Crippen LogP contribution is -2.46. The Hall–Kier alpha value is -3.68. The van der Waals surface area contributed by atoms with Crippen LogP contribution in [0, 0.1) is 5.92 Å². The molecule has 0 saturated carbocycles. The number of esters is 3. The molecule has 0 bridgehead atoms. The Morgan fingerprint density at radius 3 is 2.36 bits per heavy atom. The van der Waals surface area contributed by atoms with Gasteiger partial charge in [-0.2, -0.15) is 0 Å². The SMILES string of the molecule is CC1(C)OC(=O)C(C=Nc2ccc(C(=O)Oc3ccccc3)c(O)c2)C(=O)O1. The lowest BCUT2D eigenvalue weighted by molar-refractivity contribution is -0.235. The number of cyclic esters (lactones) is 2. The number of carbonyl (C=O) groups excluding carboxylic acids is 3. The van der Waals surface area contributed by atoms with Gasteiger partial charge in [0.05, 0.1) is 5.69 Å². The van der Waals surface area contributed by atoms with Crippen LogP contribution in [0.15, 0.2) is 53.5 Å². The van der Waals surface area contributed by atoms with Crippen molar-refractivity contribution in [2.24, 2.45) is 10.9 Å². The Morgan fingerprint density at radius 1 is 1.11 bits per heavy atom. The molecule has 0 atom stereocenters. The summed E-state index contributed by atoms with van der Waals surface area (Å²) in [5.41, 5.74) is 0.167. The van der Waals surface area contributed by atoms with E-state index in [0.29, 0.717) is 5.75 Å². The van der Waals surface area contributed by atoms with E-state index in [-0.39, 0.29) is 17.0 Å². The lowest BCUT2D eigenvalue weighted by atomic mass is 10.1. The van der Waals surface area contributed by atoms with Gasteiger partial charge in [0.1, 0.15) is 17.1 Å². The molecule has 3 rings (SSSR count). The number of carbonyl (C=O) groups is 3. The molecule has 1 saturated heterocycles. The highest BCUT2D eigenvalue weighted by Gasteiger charge is 2.42. The molecule has 0 aromatic heterocycles. The molecule has 2 aromatic rings. The van der Waals surface area contributed by atoms with Gasteiger partial charge >= 0.3 is 17.9 Å². The Kier molecular flexibility index (Phi) is 5.12. The predicted molar refractivity (Wildman–Crippen MR) is 97.4 cm³/mol. The average Bonchev–Trinajstić information content (AvgIpc) is 2.60. The number of hydrogen-bond acceptors (Lipinski definition) is 8. The van der Waals surface area contributed by atoms with E-state index in [2.05, 4.69) is 4.99 Å². The minimum absolute atomic E-state index is 0.0546. The van der Waals surface area contributed by atoms with Gasteiger partial charge in [0, 0.05) is 26.1 Å². The molecule has 1 aliphatic rings. The fraction of sp³-hybridized carbons (Fsp3) is 0.200. The van der Waals surface area contributed by atoms with Gasteiger partial charge in [-0.05, 0) is 24.3 Å². The summed E-state index contributed by atoms with van der Waals surface area (Å²) in [6.07, 6.45) is 1.07. The Labute approximate surface area is 160 Å². The van der Waals surface area contributed by atoms with Crippen LogP contribution in [0.25, 0.3) is 0 Å². The number of aliphatic imine (C=N–C) groups is 1. The maximum absolute atomic E-state index is 12.2. The van der Waals surface area contributed by atoms with Crippen LogP contribution in [0.4, 0.5) is 5.69 Å². The smallest absolute Gasteiger partial charge is 0.347 e. The van der Waals surface area contributed by atoms with E-state index in [1.54, 1.807) is 30.3 Å². The van der Waals surface area contributed by atoms with E-state index >= 15 is 0 Å². The van der Waals surface area contributed by atoms with Crippen molar-refractivity contribution in [1.29, 1.82) is 0 Å². The van der Waals surface area contributed by atoms with Crippen molar-refractivity contribution in [3.8, 4) is 11.5 Å². The molecule has 0 amide bonds. The standard InChI is InChI=1S/C20H17NO7/c1-20(2)27-18(24)15(19(25)28-20)11-21-12-8-9-14(16(22)10-12)17(23)26-13-6-4-3-5-7-13/h3-11,15,22H,1-2H3. The first-order valence-electron chi connectivity index (χ1n) is 8.35. The van der Waals surface area contributed by atoms with E-state index in [4.69, 9.17) is 14.2 Å².